The van der Waals surface area contributed by atoms with Crippen LogP contribution in [0.4, 0.5) is 0 Å². The topological polar surface area (TPSA) is 48.4 Å². The van der Waals surface area contributed by atoms with Crippen LogP contribution in [0.2, 0.25) is 0 Å². The van der Waals surface area contributed by atoms with E-state index in [-0.39, 0.29) is 5.78 Å². The summed E-state index contributed by atoms with van der Waals surface area (Å²) < 4.78 is 11.3. The molecule has 1 aromatic heterocycles. The molecule has 1 aliphatic rings. The summed E-state index contributed by atoms with van der Waals surface area (Å²) in [6.45, 7) is 4.53. The lowest BCUT2D eigenvalue weighted by atomic mass is 10.1. The van der Waals surface area contributed by atoms with Gasteiger partial charge in [0.1, 0.15) is 18.1 Å². The van der Waals surface area contributed by atoms with Crippen LogP contribution in [0, 0.1) is 0 Å². The highest BCUT2D eigenvalue weighted by Crippen LogP contribution is 2.34. The van der Waals surface area contributed by atoms with Crippen LogP contribution in [0.25, 0.3) is 6.08 Å². The van der Waals surface area contributed by atoms with E-state index in [1.807, 2.05) is 32.1 Å². The van der Waals surface area contributed by atoms with Gasteiger partial charge in [0.2, 0.25) is 5.78 Å². The molecule has 2 aromatic rings. The van der Waals surface area contributed by atoms with Crippen LogP contribution in [0.5, 0.6) is 11.5 Å². The third-order valence-corrected chi connectivity index (χ3v) is 3.37. The van der Waals surface area contributed by atoms with Gasteiger partial charge in [0, 0.05) is 18.5 Å². The third-order valence-electron chi connectivity index (χ3n) is 3.37. The SMILES string of the molecule is CC(C)=CCOc1ccc2c(c1)O/C(=C\c1cccnc1)C2=O. The zero-order chi connectivity index (χ0) is 16.2. The number of hydrogen-bond acceptors (Lipinski definition) is 4. The van der Waals surface area contributed by atoms with Crippen molar-refractivity contribution in [1.29, 1.82) is 0 Å². The largest absolute Gasteiger partial charge is 0.489 e. The van der Waals surface area contributed by atoms with Crippen molar-refractivity contribution in [3.05, 3.63) is 71.3 Å². The van der Waals surface area contributed by atoms with Gasteiger partial charge < -0.3 is 9.47 Å². The standard InChI is InChI=1S/C19H17NO3/c1-13(2)7-9-22-15-5-6-16-17(11-15)23-18(19(16)21)10-14-4-3-8-20-12-14/h3-8,10-12H,9H2,1-2H3/b18-10-. The van der Waals surface area contributed by atoms with Crippen LogP contribution in [0.1, 0.15) is 29.8 Å². The Labute approximate surface area is 135 Å². The van der Waals surface area contributed by atoms with Gasteiger partial charge in [-0.15, -0.1) is 0 Å². The van der Waals surface area contributed by atoms with E-state index >= 15 is 0 Å². The third kappa shape index (κ3) is 3.48. The summed E-state index contributed by atoms with van der Waals surface area (Å²) in [6.07, 6.45) is 7.05. The lowest BCUT2D eigenvalue weighted by Crippen LogP contribution is -1.98. The van der Waals surface area contributed by atoms with E-state index < -0.39 is 0 Å². The van der Waals surface area contributed by atoms with Crippen molar-refractivity contribution in [2.24, 2.45) is 0 Å². The Hall–Kier alpha value is -2.88. The van der Waals surface area contributed by atoms with E-state index in [0.29, 0.717) is 29.4 Å². The van der Waals surface area contributed by atoms with E-state index in [9.17, 15) is 4.79 Å². The van der Waals surface area contributed by atoms with E-state index in [1.54, 1.807) is 36.7 Å². The molecular formula is C19H17NO3. The number of aromatic nitrogens is 1. The van der Waals surface area contributed by atoms with Crippen LogP contribution >= 0.6 is 0 Å². The highest BCUT2D eigenvalue weighted by Gasteiger charge is 2.27. The first kappa shape index (κ1) is 15.0. The Morgan fingerprint density at radius 3 is 2.91 bits per heavy atom. The van der Waals surface area contributed by atoms with Crippen LogP contribution in [0.15, 0.2) is 60.1 Å². The van der Waals surface area contributed by atoms with Crippen LogP contribution in [-0.4, -0.2) is 17.4 Å². The minimum Gasteiger partial charge on any atom is -0.489 e. The second-order valence-corrected chi connectivity index (χ2v) is 5.48. The van der Waals surface area contributed by atoms with Gasteiger partial charge in [-0.3, -0.25) is 9.78 Å². The Balaban J connectivity index is 1.80. The van der Waals surface area contributed by atoms with Crippen molar-refractivity contribution in [3.8, 4) is 11.5 Å². The normalized spacial score (nSPS) is 14.3. The molecule has 0 saturated carbocycles. The number of Topliss-reactive ketones (excluding diaryl/α,β-unsaturated/α-hetero) is 1. The summed E-state index contributed by atoms with van der Waals surface area (Å²) in [7, 11) is 0. The smallest absolute Gasteiger partial charge is 0.231 e. The van der Waals surface area contributed by atoms with Gasteiger partial charge >= 0.3 is 0 Å². The number of rotatable bonds is 4. The summed E-state index contributed by atoms with van der Waals surface area (Å²) in [4.78, 5) is 16.4. The summed E-state index contributed by atoms with van der Waals surface area (Å²) in [5, 5.41) is 0. The van der Waals surface area contributed by atoms with Crippen molar-refractivity contribution in [3.63, 3.8) is 0 Å². The second kappa shape index (κ2) is 6.48. The molecule has 0 radical (unpaired) electrons. The summed E-state index contributed by atoms with van der Waals surface area (Å²) in [6, 6.07) is 8.95. The number of benzene rings is 1. The van der Waals surface area contributed by atoms with E-state index in [1.165, 1.54) is 5.57 Å². The zero-order valence-electron chi connectivity index (χ0n) is 13.1. The quantitative estimate of drug-likeness (QED) is 0.632. The van der Waals surface area contributed by atoms with Crippen molar-refractivity contribution < 1.29 is 14.3 Å². The first-order chi connectivity index (χ1) is 11.1. The van der Waals surface area contributed by atoms with Crippen molar-refractivity contribution in [1.82, 2.24) is 4.98 Å². The first-order valence-corrected chi connectivity index (χ1v) is 7.38. The molecule has 4 heteroatoms. The monoisotopic (exact) mass is 307 g/mol. The number of hydrogen-bond donors (Lipinski definition) is 0. The van der Waals surface area contributed by atoms with Gasteiger partial charge in [-0.25, -0.2) is 0 Å². The second-order valence-electron chi connectivity index (χ2n) is 5.48. The number of ether oxygens (including phenoxy) is 2. The maximum absolute atomic E-state index is 12.4. The molecule has 0 amide bonds. The Kier molecular flexibility index (Phi) is 4.24. The zero-order valence-corrected chi connectivity index (χ0v) is 13.1. The lowest BCUT2D eigenvalue weighted by molar-refractivity contribution is 0.101. The molecule has 23 heavy (non-hydrogen) atoms. The number of carbonyl (C=O) groups is 1. The molecule has 0 fully saturated rings. The van der Waals surface area contributed by atoms with Gasteiger partial charge in [0.25, 0.3) is 0 Å². The fraction of sp³-hybridized carbons (Fsp3) is 0.158. The Bertz CT molecular complexity index is 788. The molecule has 116 valence electrons. The molecule has 0 unspecified atom stereocenters. The van der Waals surface area contributed by atoms with Crippen molar-refractivity contribution >= 4 is 11.9 Å². The summed E-state index contributed by atoms with van der Waals surface area (Å²) in [5.74, 6) is 1.38. The molecule has 1 aromatic carbocycles. The molecule has 3 rings (SSSR count). The molecular weight excluding hydrogens is 290 g/mol. The Morgan fingerprint density at radius 1 is 1.30 bits per heavy atom. The molecule has 0 aliphatic carbocycles. The number of nitrogens with zero attached hydrogens (tertiary/aromatic N) is 1. The minimum absolute atomic E-state index is 0.125. The molecule has 0 N–H and O–H groups in total. The minimum atomic E-state index is -0.125. The number of ketones is 1. The van der Waals surface area contributed by atoms with E-state index in [0.717, 1.165) is 5.56 Å². The maximum atomic E-state index is 12.4. The predicted octanol–water partition coefficient (Wildman–Crippen LogP) is 4.04. The van der Waals surface area contributed by atoms with Gasteiger partial charge in [-0.2, -0.15) is 0 Å². The van der Waals surface area contributed by atoms with Crippen LogP contribution in [-0.2, 0) is 0 Å². The molecule has 1 aliphatic heterocycles. The summed E-state index contributed by atoms with van der Waals surface area (Å²) >= 11 is 0. The molecule has 0 atom stereocenters. The average Bonchev–Trinajstić information content (AvgIpc) is 2.84. The highest BCUT2D eigenvalue weighted by molar-refractivity contribution is 6.14. The lowest BCUT2D eigenvalue weighted by Gasteiger charge is -2.05. The van der Waals surface area contributed by atoms with Crippen LogP contribution in [0.3, 0.4) is 0 Å². The number of pyridine rings is 1. The predicted molar refractivity (Wildman–Crippen MR) is 88.5 cm³/mol. The molecule has 2 heterocycles. The first-order valence-electron chi connectivity index (χ1n) is 7.38. The number of carbonyl (C=O) groups excluding carboxylic acids is 1. The van der Waals surface area contributed by atoms with Crippen molar-refractivity contribution in [2.45, 2.75) is 13.8 Å². The van der Waals surface area contributed by atoms with E-state index in [2.05, 4.69) is 4.98 Å². The highest BCUT2D eigenvalue weighted by atomic mass is 16.5. The number of allylic oxidation sites excluding steroid dienone is 2. The fourth-order valence-electron chi connectivity index (χ4n) is 2.17. The van der Waals surface area contributed by atoms with Gasteiger partial charge in [-0.1, -0.05) is 11.6 Å². The van der Waals surface area contributed by atoms with Gasteiger partial charge in [-0.05, 0) is 49.8 Å². The van der Waals surface area contributed by atoms with Crippen LogP contribution < -0.4 is 9.47 Å². The van der Waals surface area contributed by atoms with Gasteiger partial charge in [0.15, 0.2) is 5.76 Å². The molecule has 0 saturated heterocycles. The molecule has 4 nitrogen and oxygen atoms in total. The summed E-state index contributed by atoms with van der Waals surface area (Å²) in [5.41, 5.74) is 2.57. The van der Waals surface area contributed by atoms with E-state index in [4.69, 9.17) is 9.47 Å². The maximum Gasteiger partial charge on any atom is 0.231 e. The average molecular weight is 307 g/mol. The fourth-order valence-corrected chi connectivity index (χ4v) is 2.17. The number of fused-ring (bicyclic) bond motifs is 1. The Morgan fingerprint density at radius 2 is 2.17 bits per heavy atom. The molecule has 0 bridgehead atoms. The van der Waals surface area contributed by atoms with Gasteiger partial charge in [0.05, 0.1) is 5.56 Å². The molecule has 0 spiro atoms. The van der Waals surface area contributed by atoms with Crippen molar-refractivity contribution in [2.75, 3.05) is 6.61 Å².